The van der Waals surface area contributed by atoms with Crippen molar-refractivity contribution in [2.45, 2.75) is 105 Å². The van der Waals surface area contributed by atoms with E-state index in [1.165, 1.54) is 0 Å². The Morgan fingerprint density at radius 3 is 1.00 bits per heavy atom. The molecule has 0 radical (unpaired) electrons. The second kappa shape index (κ2) is 13.9. The van der Waals surface area contributed by atoms with Gasteiger partial charge >= 0.3 is 9.05 Å². The largest absolute Gasteiger partial charge is 0.678 e. The maximum absolute atomic E-state index is 10.5. The zero-order chi connectivity index (χ0) is 18.4. The van der Waals surface area contributed by atoms with E-state index < -0.39 is 25.9 Å². The molecule has 0 aliphatic rings. The van der Waals surface area contributed by atoms with Gasteiger partial charge in [0.05, 0.1) is 22.9 Å². The molecule has 9 heteroatoms. The van der Waals surface area contributed by atoms with E-state index in [1.54, 1.807) is 6.92 Å². The first-order valence-electron chi connectivity index (χ1n) is 7.90. The Morgan fingerprint density at radius 2 is 0.920 bits per heavy atom. The second-order valence-electron chi connectivity index (χ2n) is 8.42. The summed E-state index contributed by atoms with van der Waals surface area (Å²) >= 11 is 0. The molecule has 156 valence electrons. The van der Waals surface area contributed by atoms with Crippen LogP contribution in [-0.2, 0) is 39.5 Å². The Morgan fingerprint density at radius 1 is 0.760 bits per heavy atom. The summed E-state index contributed by atoms with van der Waals surface area (Å²) in [5.74, 6) is 0. The summed E-state index contributed by atoms with van der Waals surface area (Å²) in [7, 11) is -3.66. The molecule has 0 aromatic rings. The van der Waals surface area contributed by atoms with Crippen molar-refractivity contribution >= 4 is 9.05 Å². The standard InChI is InChI=1S/C12H28O4Si.C4H10O.2H2O.Zr/c1-10(2,3)14-17(13,15-11(4,5)6)16-12(7,8)9;1-3-4(2)5;;;/h13H,1-9H3;4-5H,3H2,1-2H3;2*1H2;. The van der Waals surface area contributed by atoms with E-state index in [2.05, 4.69) is 0 Å². The summed E-state index contributed by atoms with van der Waals surface area (Å²) in [6.07, 6.45) is 0.745. The number of rotatable bonds is 4. The number of hydrogen-bond acceptors (Lipinski definition) is 5. The van der Waals surface area contributed by atoms with Crippen LogP contribution < -0.4 is 0 Å². The van der Waals surface area contributed by atoms with Gasteiger partial charge in [0.1, 0.15) is 0 Å². The molecular weight excluding hydrogens is 423 g/mol. The van der Waals surface area contributed by atoms with Gasteiger partial charge in [0.25, 0.3) is 0 Å². The van der Waals surface area contributed by atoms with Gasteiger partial charge in [-0.15, -0.1) is 0 Å². The van der Waals surface area contributed by atoms with Gasteiger partial charge < -0.3 is 34.1 Å². The monoisotopic (exact) mass is 464 g/mol. The molecule has 0 aromatic carbocycles. The van der Waals surface area contributed by atoms with Crippen molar-refractivity contribution in [1.29, 1.82) is 0 Å². The maximum Gasteiger partial charge on any atom is 0.678 e. The normalized spacial score (nSPS) is 13.3. The molecule has 25 heavy (non-hydrogen) atoms. The van der Waals surface area contributed by atoms with Crippen LogP contribution in [0.4, 0.5) is 0 Å². The predicted molar refractivity (Wildman–Crippen MR) is 99.7 cm³/mol. The van der Waals surface area contributed by atoms with E-state index in [4.69, 9.17) is 18.4 Å². The van der Waals surface area contributed by atoms with E-state index >= 15 is 0 Å². The van der Waals surface area contributed by atoms with E-state index in [1.807, 2.05) is 69.2 Å². The van der Waals surface area contributed by atoms with Gasteiger partial charge in [-0.3, -0.25) is 0 Å². The Kier molecular flexibility index (Phi) is 20.4. The van der Waals surface area contributed by atoms with Gasteiger partial charge in [0.2, 0.25) is 0 Å². The Bertz CT molecular complexity index is 266. The molecule has 0 aliphatic carbocycles. The molecule has 1 unspecified atom stereocenters. The van der Waals surface area contributed by atoms with E-state index in [0.29, 0.717) is 0 Å². The Balaban J connectivity index is -0.000000147. The first-order chi connectivity index (χ1) is 9.39. The third kappa shape index (κ3) is 29.8. The fourth-order valence-electron chi connectivity index (χ4n) is 1.22. The minimum atomic E-state index is -3.66. The van der Waals surface area contributed by atoms with Crippen molar-refractivity contribution in [2.24, 2.45) is 0 Å². The van der Waals surface area contributed by atoms with Crippen LogP contribution in [0.25, 0.3) is 0 Å². The van der Waals surface area contributed by atoms with Crippen LogP contribution >= 0.6 is 0 Å². The van der Waals surface area contributed by atoms with Crippen LogP contribution in [0.5, 0.6) is 0 Å². The number of hydrogen-bond donors (Lipinski definition) is 2. The number of aliphatic hydroxyl groups excluding tert-OH is 1. The first-order valence-corrected chi connectivity index (χ1v) is 9.57. The summed E-state index contributed by atoms with van der Waals surface area (Å²) in [5, 5.41) is 8.36. The Hall–Kier alpha value is 0.820. The molecule has 0 amide bonds. The Labute approximate surface area is 174 Å². The molecule has 0 bridgehead atoms. The van der Waals surface area contributed by atoms with Gasteiger partial charge in [-0.1, -0.05) is 6.92 Å². The van der Waals surface area contributed by atoms with Crippen LogP contribution in [0.15, 0.2) is 0 Å². The maximum atomic E-state index is 10.5. The minimum absolute atomic E-state index is 0. The van der Waals surface area contributed by atoms with E-state index in [0.717, 1.165) is 6.42 Å². The summed E-state index contributed by atoms with van der Waals surface area (Å²) < 4.78 is 16.9. The quantitative estimate of drug-likeness (QED) is 0.613. The fourth-order valence-corrected chi connectivity index (χ4v) is 3.67. The molecule has 0 saturated heterocycles. The van der Waals surface area contributed by atoms with Crippen molar-refractivity contribution in [2.75, 3.05) is 0 Å². The molecule has 0 heterocycles. The van der Waals surface area contributed by atoms with Gasteiger partial charge in [-0.2, -0.15) is 0 Å². The van der Waals surface area contributed by atoms with Crippen LogP contribution in [0, 0.1) is 0 Å². The van der Waals surface area contributed by atoms with Crippen molar-refractivity contribution in [3.8, 4) is 0 Å². The smallest absolute Gasteiger partial charge is 0.412 e. The average Bonchev–Trinajstić information content (AvgIpc) is 2.07. The third-order valence-electron chi connectivity index (χ3n) is 1.90. The van der Waals surface area contributed by atoms with Crippen molar-refractivity contribution in [1.82, 2.24) is 0 Å². The SMILES string of the molecule is CC(C)(C)O[Si](O)(OC(C)(C)C)OC(C)(C)C.CCC(C)O.O.O.[Zr]. The zero-order valence-corrected chi connectivity index (χ0v) is 21.4. The summed E-state index contributed by atoms with van der Waals surface area (Å²) in [6, 6.07) is 0. The minimum Gasteiger partial charge on any atom is -0.412 e. The molecule has 6 N–H and O–H groups in total. The van der Waals surface area contributed by atoms with E-state index in [9.17, 15) is 4.80 Å². The zero-order valence-electron chi connectivity index (χ0n) is 17.9. The molecule has 0 aromatic heterocycles. The van der Waals surface area contributed by atoms with Crippen LogP contribution in [0.1, 0.15) is 82.6 Å². The molecule has 1 atom stereocenters. The average molecular weight is 466 g/mol. The predicted octanol–water partition coefficient (Wildman–Crippen LogP) is 1.98. The van der Waals surface area contributed by atoms with Gasteiger partial charge in [-0.05, 0) is 75.7 Å². The third-order valence-corrected chi connectivity index (χ3v) is 4.51. The number of aliphatic hydroxyl groups is 1. The second-order valence-corrected chi connectivity index (χ2v) is 10.1. The van der Waals surface area contributed by atoms with Gasteiger partial charge in [0.15, 0.2) is 0 Å². The van der Waals surface area contributed by atoms with Gasteiger partial charge in [-0.25, -0.2) is 0 Å². The van der Waals surface area contributed by atoms with Crippen molar-refractivity contribution in [3.63, 3.8) is 0 Å². The topological polar surface area (TPSA) is 131 Å². The first kappa shape index (κ1) is 36.7. The molecule has 0 aliphatic heterocycles. The molecule has 0 spiro atoms. The molecule has 7 nitrogen and oxygen atoms in total. The summed E-state index contributed by atoms with van der Waals surface area (Å²) in [6.45, 7) is 20.5. The van der Waals surface area contributed by atoms with Crippen molar-refractivity contribution < 1.29 is 60.3 Å². The summed E-state index contributed by atoms with van der Waals surface area (Å²) in [4.78, 5) is 10.5. The molecule has 0 fully saturated rings. The molecule has 0 rings (SSSR count). The van der Waals surface area contributed by atoms with Crippen LogP contribution in [-0.4, -0.2) is 52.8 Å². The molecule has 0 saturated carbocycles. The molecular formula is C16H42O7SiZr. The van der Waals surface area contributed by atoms with Crippen molar-refractivity contribution in [3.05, 3.63) is 0 Å². The van der Waals surface area contributed by atoms with E-state index in [-0.39, 0.29) is 43.3 Å². The summed E-state index contributed by atoms with van der Waals surface area (Å²) in [5.41, 5.74) is -1.55. The fraction of sp³-hybridized carbons (Fsp3) is 1.00. The van der Waals surface area contributed by atoms with Crippen LogP contribution in [0.2, 0.25) is 0 Å². The van der Waals surface area contributed by atoms with Gasteiger partial charge in [0, 0.05) is 26.2 Å². The van der Waals surface area contributed by atoms with Crippen LogP contribution in [0.3, 0.4) is 0 Å².